The third-order valence-electron chi connectivity index (χ3n) is 4.45. The van der Waals surface area contributed by atoms with Gasteiger partial charge < -0.3 is 9.47 Å². The number of nitrogens with zero attached hydrogens (tertiary/aromatic N) is 2. The highest BCUT2D eigenvalue weighted by molar-refractivity contribution is 5.49. The first-order valence-corrected chi connectivity index (χ1v) is 9.46. The van der Waals surface area contributed by atoms with Crippen LogP contribution in [0.2, 0.25) is 0 Å². The van der Waals surface area contributed by atoms with Crippen molar-refractivity contribution in [3.05, 3.63) is 82.9 Å². The maximum atomic E-state index is 6.08. The molecule has 3 aromatic rings. The van der Waals surface area contributed by atoms with Crippen molar-refractivity contribution in [2.75, 3.05) is 7.05 Å². The van der Waals surface area contributed by atoms with Crippen molar-refractivity contribution < 1.29 is 9.47 Å². The van der Waals surface area contributed by atoms with E-state index >= 15 is 0 Å². The van der Waals surface area contributed by atoms with Gasteiger partial charge in [-0.2, -0.15) is 0 Å². The summed E-state index contributed by atoms with van der Waals surface area (Å²) in [7, 11) is 1.73. The largest absolute Gasteiger partial charge is 0.489 e. The summed E-state index contributed by atoms with van der Waals surface area (Å²) in [5.74, 6) is 2.41. The second-order valence-corrected chi connectivity index (χ2v) is 6.77. The smallest absolute Gasteiger partial charge is 0.127 e. The summed E-state index contributed by atoms with van der Waals surface area (Å²) in [6.07, 6.45) is 0. The summed E-state index contributed by atoms with van der Waals surface area (Å²) in [6.45, 7) is 6.49. The van der Waals surface area contributed by atoms with Gasteiger partial charge in [0.15, 0.2) is 0 Å². The van der Waals surface area contributed by atoms with Gasteiger partial charge in [-0.3, -0.25) is 0 Å². The molecule has 0 unspecified atom stereocenters. The molecular formula is C23H26N4O2. The van der Waals surface area contributed by atoms with Crippen LogP contribution in [0, 0.1) is 20.8 Å². The molecule has 150 valence electrons. The van der Waals surface area contributed by atoms with Gasteiger partial charge in [0.2, 0.25) is 0 Å². The molecule has 0 spiro atoms. The van der Waals surface area contributed by atoms with Crippen LogP contribution >= 0.6 is 0 Å². The van der Waals surface area contributed by atoms with E-state index in [4.69, 9.17) is 9.47 Å². The van der Waals surface area contributed by atoms with Crippen LogP contribution in [0.15, 0.2) is 71.0 Å². The van der Waals surface area contributed by atoms with Gasteiger partial charge in [-0.25, -0.2) is 11.0 Å². The zero-order valence-electron chi connectivity index (χ0n) is 17.2. The quantitative estimate of drug-likeness (QED) is 0.382. The van der Waals surface area contributed by atoms with E-state index in [0.717, 1.165) is 45.2 Å². The lowest BCUT2D eigenvalue weighted by Gasteiger charge is -2.14. The fraction of sp³-hybridized carbons (Fsp3) is 0.217. The number of nitrogens with one attached hydrogen (secondary N) is 2. The van der Waals surface area contributed by atoms with Gasteiger partial charge >= 0.3 is 0 Å². The molecule has 0 radical (unpaired) electrons. The minimum Gasteiger partial charge on any atom is -0.489 e. The van der Waals surface area contributed by atoms with E-state index in [1.807, 2.05) is 81.4 Å². The lowest BCUT2D eigenvalue weighted by atomic mass is 10.1. The van der Waals surface area contributed by atoms with Crippen molar-refractivity contribution in [2.24, 2.45) is 10.3 Å². The van der Waals surface area contributed by atoms with Gasteiger partial charge in [0.1, 0.15) is 23.9 Å². The van der Waals surface area contributed by atoms with Crippen LogP contribution in [0.3, 0.4) is 0 Å². The fourth-order valence-electron chi connectivity index (χ4n) is 2.91. The molecule has 2 N–H and O–H groups in total. The Morgan fingerprint density at radius 3 is 2.41 bits per heavy atom. The van der Waals surface area contributed by atoms with E-state index in [1.54, 1.807) is 7.05 Å². The molecule has 3 rings (SSSR count). The number of rotatable bonds is 8. The predicted octanol–water partition coefficient (Wildman–Crippen LogP) is 5.71. The molecule has 0 aromatic heterocycles. The van der Waals surface area contributed by atoms with Crippen molar-refractivity contribution in [1.82, 2.24) is 11.0 Å². The molecule has 0 aliphatic heterocycles. The number of hydrogen-bond donors (Lipinski definition) is 2. The fourth-order valence-corrected chi connectivity index (χ4v) is 2.91. The summed E-state index contributed by atoms with van der Waals surface area (Å²) in [4.78, 5) is 0. The molecule has 0 atom stereocenters. The van der Waals surface area contributed by atoms with Crippen molar-refractivity contribution >= 4 is 5.69 Å². The SMILES string of the molecule is CNNN=Nc1cccc(C)c1COc1ccc(Oc2cccc(C)c2)cc1C. The molecule has 0 aliphatic rings. The molecule has 0 heterocycles. The first kappa shape index (κ1) is 20.4. The molecule has 0 aliphatic carbocycles. The molecule has 0 fully saturated rings. The number of aryl methyl sites for hydroxylation is 3. The third kappa shape index (κ3) is 5.56. The number of ether oxygens (including phenoxy) is 2. The molecule has 0 amide bonds. The molecule has 0 bridgehead atoms. The Morgan fingerprint density at radius 2 is 1.66 bits per heavy atom. The topological polar surface area (TPSA) is 67.2 Å². The Hall–Kier alpha value is -3.38. The van der Waals surface area contributed by atoms with Gasteiger partial charge in [0.05, 0.1) is 5.69 Å². The van der Waals surface area contributed by atoms with Gasteiger partial charge in [-0.05, 0) is 73.9 Å². The molecule has 6 nitrogen and oxygen atoms in total. The zero-order valence-corrected chi connectivity index (χ0v) is 17.2. The molecule has 0 saturated heterocycles. The standard InChI is InChI=1S/C23H26N4O2/c1-16-7-5-9-19(13-16)29-20-11-12-23(18(3)14-20)28-15-21-17(2)8-6-10-22(21)25-27-26-24-4/h5-14H,15H2,1-4H3,(H,24,27)(H,25,26). The predicted molar refractivity (Wildman–Crippen MR) is 115 cm³/mol. The Balaban J connectivity index is 1.72. The number of hydrazine groups is 1. The highest BCUT2D eigenvalue weighted by atomic mass is 16.5. The average Bonchev–Trinajstić information content (AvgIpc) is 2.69. The Labute approximate surface area is 171 Å². The number of hydrogen-bond acceptors (Lipinski definition) is 5. The molecule has 29 heavy (non-hydrogen) atoms. The highest BCUT2D eigenvalue weighted by Crippen LogP contribution is 2.30. The van der Waals surface area contributed by atoms with E-state index < -0.39 is 0 Å². The van der Waals surface area contributed by atoms with Crippen LogP contribution in [0.25, 0.3) is 0 Å². The molecular weight excluding hydrogens is 364 g/mol. The van der Waals surface area contributed by atoms with Crippen LogP contribution in [-0.4, -0.2) is 7.05 Å². The van der Waals surface area contributed by atoms with Crippen LogP contribution in [0.1, 0.15) is 22.3 Å². The van der Waals surface area contributed by atoms with E-state index in [1.165, 1.54) is 0 Å². The van der Waals surface area contributed by atoms with Crippen molar-refractivity contribution in [1.29, 1.82) is 0 Å². The van der Waals surface area contributed by atoms with Gasteiger partial charge in [-0.1, -0.05) is 29.5 Å². The van der Waals surface area contributed by atoms with E-state index in [-0.39, 0.29) is 0 Å². The first-order chi connectivity index (χ1) is 14.1. The van der Waals surface area contributed by atoms with Crippen LogP contribution in [-0.2, 0) is 6.61 Å². The van der Waals surface area contributed by atoms with E-state index in [9.17, 15) is 0 Å². The monoisotopic (exact) mass is 390 g/mol. The lowest BCUT2D eigenvalue weighted by molar-refractivity contribution is 0.303. The van der Waals surface area contributed by atoms with Crippen LogP contribution in [0.4, 0.5) is 5.69 Å². The molecule has 0 saturated carbocycles. The normalized spacial score (nSPS) is 10.9. The van der Waals surface area contributed by atoms with Crippen molar-refractivity contribution in [3.63, 3.8) is 0 Å². The van der Waals surface area contributed by atoms with Crippen LogP contribution in [0.5, 0.6) is 17.2 Å². The second kappa shape index (κ2) is 9.71. The molecule has 3 aromatic carbocycles. The lowest BCUT2D eigenvalue weighted by Crippen LogP contribution is -2.20. The van der Waals surface area contributed by atoms with E-state index in [0.29, 0.717) is 6.61 Å². The summed E-state index contributed by atoms with van der Waals surface area (Å²) in [6, 6.07) is 19.7. The number of benzene rings is 3. The highest BCUT2D eigenvalue weighted by Gasteiger charge is 2.09. The maximum Gasteiger partial charge on any atom is 0.127 e. The Morgan fingerprint density at radius 1 is 0.862 bits per heavy atom. The Bertz CT molecular complexity index is 1000. The minimum atomic E-state index is 0.402. The van der Waals surface area contributed by atoms with Gasteiger partial charge in [-0.15, -0.1) is 5.11 Å². The van der Waals surface area contributed by atoms with Gasteiger partial charge in [0.25, 0.3) is 0 Å². The van der Waals surface area contributed by atoms with Crippen molar-refractivity contribution in [2.45, 2.75) is 27.4 Å². The van der Waals surface area contributed by atoms with Crippen molar-refractivity contribution in [3.8, 4) is 17.2 Å². The van der Waals surface area contributed by atoms with Crippen LogP contribution < -0.4 is 20.4 Å². The summed E-state index contributed by atoms with van der Waals surface area (Å²) in [5, 5.41) is 8.09. The average molecular weight is 390 g/mol. The second-order valence-electron chi connectivity index (χ2n) is 6.77. The first-order valence-electron chi connectivity index (χ1n) is 9.46. The van der Waals surface area contributed by atoms with Gasteiger partial charge in [0, 0.05) is 12.6 Å². The maximum absolute atomic E-state index is 6.08. The zero-order chi connectivity index (χ0) is 20.6. The Kier molecular flexibility index (Phi) is 6.81. The molecule has 6 heteroatoms. The summed E-state index contributed by atoms with van der Waals surface area (Å²) >= 11 is 0. The minimum absolute atomic E-state index is 0.402. The van der Waals surface area contributed by atoms with E-state index in [2.05, 4.69) is 21.3 Å². The summed E-state index contributed by atoms with van der Waals surface area (Å²) < 4.78 is 12.0. The summed E-state index contributed by atoms with van der Waals surface area (Å²) in [5.41, 5.74) is 10.3. The third-order valence-corrected chi connectivity index (χ3v) is 4.45.